The van der Waals surface area contributed by atoms with E-state index in [0.717, 1.165) is 18.7 Å². The Labute approximate surface area is 136 Å². The minimum absolute atomic E-state index is 0.181. The van der Waals surface area contributed by atoms with Crippen LogP contribution in [-0.4, -0.2) is 23.9 Å². The topological polar surface area (TPSA) is 56.1 Å². The number of fused-ring (bicyclic) bond motifs is 1. The Morgan fingerprint density at radius 3 is 2.61 bits per heavy atom. The zero-order valence-corrected chi connectivity index (χ0v) is 13.0. The van der Waals surface area contributed by atoms with Gasteiger partial charge in [0, 0.05) is 31.7 Å². The lowest BCUT2D eigenvalue weighted by Gasteiger charge is -2.29. The van der Waals surface area contributed by atoms with Gasteiger partial charge in [-0.15, -0.1) is 0 Å². The number of anilines is 1. The molecule has 23 heavy (non-hydrogen) atoms. The third-order valence-electron chi connectivity index (χ3n) is 4.17. The lowest BCUT2D eigenvalue weighted by atomic mass is 10.00. The first-order chi connectivity index (χ1) is 11.3. The number of hydrogen-bond acceptors (Lipinski definition) is 3. The van der Waals surface area contributed by atoms with Crippen LogP contribution in [0.5, 0.6) is 0 Å². The highest BCUT2D eigenvalue weighted by Crippen LogP contribution is 2.19. The second kappa shape index (κ2) is 6.97. The van der Waals surface area contributed by atoms with Crippen molar-refractivity contribution in [1.29, 1.82) is 5.26 Å². The smallest absolute Gasteiger partial charge is 0.224 e. The van der Waals surface area contributed by atoms with Gasteiger partial charge < -0.3 is 10.2 Å². The van der Waals surface area contributed by atoms with Crippen LogP contribution < -0.4 is 5.32 Å². The molecule has 2 aromatic rings. The molecule has 0 spiro atoms. The number of carbonyl (C=O) groups excluding carboxylic acids is 1. The zero-order valence-electron chi connectivity index (χ0n) is 13.0. The van der Waals surface area contributed by atoms with Gasteiger partial charge in [-0.25, -0.2) is 0 Å². The van der Waals surface area contributed by atoms with E-state index in [1.165, 1.54) is 11.1 Å². The molecule has 4 nitrogen and oxygen atoms in total. The highest BCUT2D eigenvalue weighted by Gasteiger charge is 2.19. The Bertz CT molecular complexity index is 731. The number of nitriles is 1. The van der Waals surface area contributed by atoms with Gasteiger partial charge in [-0.1, -0.05) is 24.3 Å². The van der Waals surface area contributed by atoms with Crippen molar-refractivity contribution in [3.05, 3.63) is 65.2 Å². The van der Waals surface area contributed by atoms with Gasteiger partial charge in [-0.2, -0.15) is 5.26 Å². The monoisotopic (exact) mass is 305 g/mol. The molecule has 0 saturated heterocycles. The molecule has 0 saturated carbocycles. The van der Waals surface area contributed by atoms with Crippen molar-refractivity contribution < 1.29 is 4.79 Å². The Kier molecular flexibility index (Phi) is 4.58. The zero-order chi connectivity index (χ0) is 16.1. The molecule has 2 aromatic carbocycles. The molecule has 0 aromatic heterocycles. The van der Waals surface area contributed by atoms with Crippen LogP contribution in [0.3, 0.4) is 0 Å². The standard InChI is InChI=1S/C19H19N3O/c20-13-15-5-7-18(8-6-15)21-11-9-19(23)22-12-10-16-3-1-2-4-17(16)14-22/h1-8,21H,9-12,14H2. The summed E-state index contributed by atoms with van der Waals surface area (Å²) in [4.78, 5) is 14.3. The van der Waals surface area contributed by atoms with E-state index in [-0.39, 0.29) is 5.91 Å². The third kappa shape index (κ3) is 3.70. The van der Waals surface area contributed by atoms with E-state index in [4.69, 9.17) is 5.26 Å². The number of amides is 1. The summed E-state index contributed by atoms with van der Waals surface area (Å²) in [6.45, 7) is 2.11. The van der Waals surface area contributed by atoms with Crippen molar-refractivity contribution in [2.24, 2.45) is 0 Å². The first-order valence-electron chi connectivity index (χ1n) is 7.85. The highest BCUT2D eigenvalue weighted by molar-refractivity contribution is 5.77. The summed E-state index contributed by atoms with van der Waals surface area (Å²) in [5, 5.41) is 12.0. The fourth-order valence-electron chi connectivity index (χ4n) is 2.84. The molecule has 0 bridgehead atoms. The van der Waals surface area contributed by atoms with Gasteiger partial charge in [-0.3, -0.25) is 4.79 Å². The minimum Gasteiger partial charge on any atom is -0.385 e. The summed E-state index contributed by atoms with van der Waals surface area (Å²) >= 11 is 0. The van der Waals surface area contributed by atoms with Gasteiger partial charge in [0.15, 0.2) is 0 Å². The lowest BCUT2D eigenvalue weighted by molar-refractivity contribution is -0.131. The summed E-state index contributed by atoms with van der Waals surface area (Å²) in [7, 11) is 0. The van der Waals surface area contributed by atoms with E-state index in [2.05, 4.69) is 29.6 Å². The highest BCUT2D eigenvalue weighted by atomic mass is 16.2. The van der Waals surface area contributed by atoms with Gasteiger partial charge in [-0.05, 0) is 41.8 Å². The van der Waals surface area contributed by atoms with Crippen molar-refractivity contribution in [3.63, 3.8) is 0 Å². The van der Waals surface area contributed by atoms with Crippen LogP contribution in [0.1, 0.15) is 23.1 Å². The van der Waals surface area contributed by atoms with Crippen molar-refractivity contribution in [2.75, 3.05) is 18.4 Å². The molecule has 1 N–H and O–H groups in total. The first kappa shape index (κ1) is 15.1. The second-order valence-corrected chi connectivity index (χ2v) is 5.70. The average molecular weight is 305 g/mol. The molecule has 1 heterocycles. The second-order valence-electron chi connectivity index (χ2n) is 5.70. The molecule has 1 aliphatic heterocycles. The van der Waals surface area contributed by atoms with Crippen molar-refractivity contribution in [3.8, 4) is 6.07 Å². The molecule has 4 heteroatoms. The van der Waals surface area contributed by atoms with Crippen LogP contribution >= 0.6 is 0 Å². The van der Waals surface area contributed by atoms with Crippen molar-refractivity contribution in [1.82, 2.24) is 4.90 Å². The van der Waals surface area contributed by atoms with Gasteiger partial charge in [0.05, 0.1) is 11.6 Å². The van der Waals surface area contributed by atoms with Crippen molar-refractivity contribution in [2.45, 2.75) is 19.4 Å². The molecule has 1 aliphatic rings. The predicted octanol–water partition coefficient (Wildman–Crippen LogP) is 2.95. The fourth-order valence-corrected chi connectivity index (χ4v) is 2.84. The van der Waals surface area contributed by atoms with Gasteiger partial charge >= 0.3 is 0 Å². The Morgan fingerprint density at radius 1 is 1.13 bits per heavy atom. The predicted molar refractivity (Wildman–Crippen MR) is 89.8 cm³/mol. The number of nitrogens with one attached hydrogen (secondary N) is 1. The Balaban J connectivity index is 1.49. The van der Waals surface area contributed by atoms with Gasteiger partial charge in [0.1, 0.15) is 0 Å². The van der Waals surface area contributed by atoms with Crippen LogP contribution in [0.4, 0.5) is 5.69 Å². The first-order valence-corrected chi connectivity index (χ1v) is 7.85. The Morgan fingerprint density at radius 2 is 1.87 bits per heavy atom. The maximum absolute atomic E-state index is 12.3. The van der Waals surface area contributed by atoms with Crippen LogP contribution in [0, 0.1) is 11.3 Å². The van der Waals surface area contributed by atoms with E-state index >= 15 is 0 Å². The number of rotatable bonds is 4. The summed E-state index contributed by atoms with van der Waals surface area (Å²) in [6, 6.07) is 17.7. The summed E-state index contributed by atoms with van der Waals surface area (Å²) in [5.41, 5.74) is 4.18. The van der Waals surface area contributed by atoms with Crippen LogP contribution in [0.25, 0.3) is 0 Å². The summed E-state index contributed by atoms with van der Waals surface area (Å²) in [5.74, 6) is 0.181. The number of carbonyl (C=O) groups is 1. The summed E-state index contributed by atoms with van der Waals surface area (Å²) in [6.07, 6.45) is 1.41. The quantitative estimate of drug-likeness (QED) is 0.945. The van der Waals surface area contributed by atoms with E-state index in [1.807, 2.05) is 23.1 Å². The van der Waals surface area contributed by atoms with Gasteiger partial charge in [0.2, 0.25) is 5.91 Å². The van der Waals surface area contributed by atoms with Crippen LogP contribution in [0.2, 0.25) is 0 Å². The lowest BCUT2D eigenvalue weighted by Crippen LogP contribution is -2.36. The molecule has 3 rings (SSSR count). The minimum atomic E-state index is 0.181. The summed E-state index contributed by atoms with van der Waals surface area (Å²) < 4.78 is 0. The van der Waals surface area contributed by atoms with E-state index in [9.17, 15) is 4.79 Å². The largest absolute Gasteiger partial charge is 0.385 e. The van der Waals surface area contributed by atoms with E-state index < -0.39 is 0 Å². The molecule has 116 valence electrons. The molecule has 0 aliphatic carbocycles. The molecule has 0 atom stereocenters. The Hall–Kier alpha value is -2.80. The molecule has 0 unspecified atom stereocenters. The van der Waals surface area contributed by atoms with Crippen molar-refractivity contribution >= 4 is 11.6 Å². The fraction of sp³-hybridized carbons (Fsp3) is 0.263. The van der Waals surface area contributed by atoms with E-state index in [0.29, 0.717) is 25.1 Å². The number of nitrogens with zero attached hydrogens (tertiary/aromatic N) is 2. The van der Waals surface area contributed by atoms with E-state index in [1.54, 1.807) is 12.1 Å². The maximum atomic E-state index is 12.3. The molecular formula is C19H19N3O. The molecule has 0 radical (unpaired) electrons. The number of hydrogen-bond donors (Lipinski definition) is 1. The SMILES string of the molecule is N#Cc1ccc(NCCC(=O)N2CCc3ccccc3C2)cc1. The maximum Gasteiger partial charge on any atom is 0.224 e. The number of benzene rings is 2. The average Bonchev–Trinajstić information content (AvgIpc) is 2.61. The third-order valence-corrected chi connectivity index (χ3v) is 4.17. The molecular weight excluding hydrogens is 286 g/mol. The van der Waals surface area contributed by atoms with Crippen LogP contribution in [0.15, 0.2) is 48.5 Å². The normalized spacial score (nSPS) is 13.1. The van der Waals surface area contributed by atoms with Crippen LogP contribution in [-0.2, 0) is 17.8 Å². The van der Waals surface area contributed by atoms with Gasteiger partial charge in [0.25, 0.3) is 0 Å². The molecule has 1 amide bonds. The molecule has 0 fully saturated rings.